The molecule has 1 saturated carbocycles. The van der Waals surface area contributed by atoms with Gasteiger partial charge in [0.05, 0.1) is 18.3 Å². The highest BCUT2D eigenvalue weighted by atomic mass is 16.5. The molecule has 0 bridgehead atoms. The van der Waals surface area contributed by atoms with E-state index in [1.165, 1.54) is 25.7 Å². The van der Waals surface area contributed by atoms with Crippen molar-refractivity contribution in [2.45, 2.75) is 57.2 Å². The quantitative estimate of drug-likeness (QED) is 0.741. The minimum atomic E-state index is -0.477. The summed E-state index contributed by atoms with van der Waals surface area (Å²) in [6, 6.07) is 0. The Bertz CT molecular complexity index is 253. The van der Waals surface area contributed by atoms with Crippen molar-refractivity contribution in [1.82, 2.24) is 10.2 Å². The molecule has 4 nitrogen and oxygen atoms in total. The van der Waals surface area contributed by atoms with Crippen molar-refractivity contribution in [2.75, 3.05) is 39.3 Å². The molecule has 2 aliphatic rings. The second kappa shape index (κ2) is 7.58. The number of hydrogen-bond acceptors (Lipinski definition) is 4. The van der Waals surface area contributed by atoms with E-state index in [2.05, 4.69) is 17.1 Å². The molecular weight excluding hydrogens is 240 g/mol. The van der Waals surface area contributed by atoms with Crippen LogP contribution in [0.25, 0.3) is 0 Å². The summed E-state index contributed by atoms with van der Waals surface area (Å²) >= 11 is 0. The van der Waals surface area contributed by atoms with E-state index in [9.17, 15) is 5.11 Å². The Labute approximate surface area is 117 Å². The van der Waals surface area contributed by atoms with Gasteiger partial charge in [-0.05, 0) is 19.4 Å². The third kappa shape index (κ3) is 5.03. The minimum Gasteiger partial charge on any atom is -0.389 e. The van der Waals surface area contributed by atoms with Crippen LogP contribution in [0.5, 0.6) is 0 Å². The normalized spacial score (nSPS) is 29.1. The molecule has 112 valence electrons. The summed E-state index contributed by atoms with van der Waals surface area (Å²) in [5.41, 5.74) is -0.477. The Morgan fingerprint density at radius 3 is 2.68 bits per heavy atom. The molecule has 1 unspecified atom stereocenters. The molecule has 0 radical (unpaired) electrons. The Morgan fingerprint density at radius 2 is 2.00 bits per heavy atom. The molecule has 2 N–H and O–H groups in total. The van der Waals surface area contributed by atoms with Crippen LogP contribution in [0.2, 0.25) is 0 Å². The molecule has 1 atom stereocenters. The highest BCUT2D eigenvalue weighted by Crippen LogP contribution is 2.26. The molecule has 0 aromatic heterocycles. The monoisotopic (exact) mass is 270 g/mol. The van der Waals surface area contributed by atoms with Gasteiger partial charge < -0.3 is 15.2 Å². The zero-order valence-electron chi connectivity index (χ0n) is 12.4. The number of aliphatic hydroxyl groups is 1. The van der Waals surface area contributed by atoms with E-state index in [4.69, 9.17) is 4.74 Å². The maximum absolute atomic E-state index is 10.6. The van der Waals surface area contributed by atoms with Gasteiger partial charge in [0.2, 0.25) is 0 Å². The summed E-state index contributed by atoms with van der Waals surface area (Å²) in [5, 5.41) is 14.0. The highest BCUT2D eigenvalue weighted by molar-refractivity contribution is 4.84. The van der Waals surface area contributed by atoms with E-state index in [1.54, 1.807) is 0 Å². The first-order chi connectivity index (χ1) is 9.22. The SMILES string of the molecule is CCN1CCOC(CNCC2(O)CCCCCC2)C1. The number of likely N-dealkylation sites (N-methyl/N-ethyl adjacent to an activating group) is 1. The summed E-state index contributed by atoms with van der Waals surface area (Å²) in [6.45, 7) is 7.79. The molecule has 2 fully saturated rings. The maximum atomic E-state index is 10.6. The van der Waals surface area contributed by atoms with Crippen LogP contribution in [0, 0.1) is 0 Å². The molecule has 1 heterocycles. The first-order valence-electron chi connectivity index (χ1n) is 7.99. The van der Waals surface area contributed by atoms with Gasteiger partial charge in [0.1, 0.15) is 0 Å². The van der Waals surface area contributed by atoms with Crippen LogP contribution in [0.3, 0.4) is 0 Å². The standard InChI is InChI=1S/C15H30N2O2/c1-2-17-9-10-19-14(12-17)11-16-13-15(18)7-5-3-4-6-8-15/h14,16,18H,2-13H2,1H3. The predicted molar refractivity (Wildman–Crippen MR) is 77.4 cm³/mol. The fourth-order valence-electron chi connectivity index (χ4n) is 3.22. The number of nitrogens with one attached hydrogen (secondary N) is 1. The van der Waals surface area contributed by atoms with Crippen LogP contribution >= 0.6 is 0 Å². The highest BCUT2D eigenvalue weighted by Gasteiger charge is 2.28. The van der Waals surface area contributed by atoms with Crippen molar-refractivity contribution in [1.29, 1.82) is 0 Å². The first-order valence-corrected chi connectivity index (χ1v) is 7.99. The smallest absolute Gasteiger partial charge is 0.0826 e. The Hall–Kier alpha value is -0.160. The molecule has 0 spiro atoms. The molecule has 0 amide bonds. The van der Waals surface area contributed by atoms with Crippen LogP contribution in [-0.2, 0) is 4.74 Å². The van der Waals surface area contributed by atoms with Crippen molar-refractivity contribution in [3.63, 3.8) is 0 Å². The zero-order valence-corrected chi connectivity index (χ0v) is 12.4. The van der Waals surface area contributed by atoms with E-state index < -0.39 is 5.60 Å². The summed E-state index contributed by atoms with van der Waals surface area (Å²) in [7, 11) is 0. The average Bonchev–Trinajstić information content (AvgIpc) is 2.64. The van der Waals surface area contributed by atoms with Crippen LogP contribution in [0.4, 0.5) is 0 Å². The molecule has 4 heteroatoms. The lowest BCUT2D eigenvalue weighted by Crippen LogP contribution is -2.49. The van der Waals surface area contributed by atoms with Crippen LogP contribution in [0.15, 0.2) is 0 Å². The van der Waals surface area contributed by atoms with Crippen LogP contribution < -0.4 is 5.32 Å². The number of ether oxygens (including phenoxy) is 1. The van der Waals surface area contributed by atoms with Crippen molar-refractivity contribution < 1.29 is 9.84 Å². The fourth-order valence-corrected chi connectivity index (χ4v) is 3.22. The Morgan fingerprint density at radius 1 is 1.26 bits per heavy atom. The maximum Gasteiger partial charge on any atom is 0.0826 e. The lowest BCUT2D eigenvalue weighted by atomic mass is 9.94. The Balaban J connectivity index is 1.67. The molecule has 0 aromatic carbocycles. The van der Waals surface area contributed by atoms with Gasteiger partial charge in [0.25, 0.3) is 0 Å². The average molecular weight is 270 g/mol. The predicted octanol–water partition coefficient (Wildman–Crippen LogP) is 1.38. The second-order valence-electron chi connectivity index (χ2n) is 6.16. The van der Waals surface area contributed by atoms with Gasteiger partial charge in [-0.1, -0.05) is 32.6 Å². The van der Waals surface area contributed by atoms with Crippen molar-refractivity contribution in [2.24, 2.45) is 0 Å². The van der Waals surface area contributed by atoms with Crippen molar-refractivity contribution >= 4 is 0 Å². The number of hydrogen-bond donors (Lipinski definition) is 2. The van der Waals surface area contributed by atoms with E-state index in [1.807, 2.05) is 0 Å². The van der Waals surface area contributed by atoms with Crippen molar-refractivity contribution in [3.05, 3.63) is 0 Å². The first kappa shape index (κ1) is 15.2. The topological polar surface area (TPSA) is 44.7 Å². The summed E-state index contributed by atoms with van der Waals surface area (Å²) in [6.07, 6.45) is 7.07. The van der Waals surface area contributed by atoms with E-state index in [0.29, 0.717) is 0 Å². The Kier molecular flexibility index (Phi) is 6.07. The summed E-state index contributed by atoms with van der Waals surface area (Å²) < 4.78 is 5.77. The van der Waals surface area contributed by atoms with E-state index in [-0.39, 0.29) is 6.10 Å². The second-order valence-corrected chi connectivity index (χ2v) is 6.16. The minimum absolute atomic E-state index is 0.281. The van der Waals surface area contributed by atoms with Gasteiger partial charge in [-0.3, -0.25) is 4.90 Å². The largest absolute Gasteiger partial charge is 0.389 e. The van der Waals surface area contributed by atoms with Gasteiger partial charge in [0, 0.05) is 26.2 Å². The van der Waals surface area contributed by atoms with E-state index in [0.717, 1.165) is 52.2 Å². The molecule has 1 saturated heterocycles. The van der Waals surface area contributed by atoms with Crippen molar-refractivity contribution in [3.8, 4) is 0 Å². The molecule has 1 aliphatic carbocycles. The molecule has 1 aliphatic heterocycles. The van der Waals surface area contributed by atoms with Gasteiger partial charge in [-0.15, -0.1) is 0 Å². The lowest BCUT2D eigenvalue weighted by Gasteiger charge is -2.33. The lowest BCUT2D eigenvalue weighted by molar-refractivity contribution is -0.0305. The van der Waals surface area contributed by atoms with Crippen LogP contribution in [0.1, 0.15) is 45.4 Å². The molecule has 19 heavy (non-hydrogen) atoms. The third-order valence-corrected chi connectivity index (χ3v) is 4.53. The molecule has 2 rings (SSSR count). The number of nitrogens with zero attached hydrogens (tertiary/aromatic N) is 1. The third-order valence-electron chi connectivity index (χ3n) is 4.53. The van der Waals surface area contributed by atoms with Gasteiger partial charge in [-0.2, -0.15) is 0 Å². The molecular formula is C15H30N2O2. The van der Waals surface area contributed by atoms with E-state index >= 15 is 0 Å². The van der Waals surface area contributed by atoms with Gasteiger partial charge >= 0.3 is 0 Å². The number of rotatable bonds is 5. The van der Waals surface area contributed by atoms with Gasteiger partial charge in [0.15, 0.2) is 0 Å². The van der Waals surface area contributed by atoms with Gasteiger partial charge in [-0.25, -0.2) is 0 Å². The zero-order chi connectivity index (χ0) is 13.6. The summed E-state index contributed by atoms with van der Waals surface area (Å²) in [4.78, 5) is 2.43. The molecule has 0 aromatic rings. The number of morpholine rings is 1. The van der Waals surface area contributed by atoms with Crippen LogP contribution in [-0.4, -0.2) is 61.0 Å². The summed E-state index contributed by atoms with van der Waals surface area (Å²) in [5.74, 6) is 0. The fraction of sp³-hybridized carbons (Fsp3) is 1.00.